The summed E-state index contributed by atoms with van der Waals surface area (Å²) in [6.07, 6.45) is 1.19. The molecule has 0 saturated heterocycles. The fourth-order valence-electron chi connectivity index (χ4n) is 1.14. The van der Waals surface area contributed by atoms with Gasteiger partial charge in [-0.15, -0.1) is 0 Å². The van der Waals surface area contributed by atoms with Gasteiger partial charge in [0.25, 0.3) is 0 Å². The number of hydrogen-bond acceptors (Lipinski definition) is 4. The van der Waals surface area contributed by atoms with Crippen LogP contribution in [0.25, 0.3) is 0 Å². The molecule has 15 heavy (non-hydrogen) atoms. The molecule has 0 fully saturated rings. The zero-order chi connectivity index (χ0) is 11.5. The highest BCUT2D eigenvalue weighted by molar-refractivity contribution is 7.90. The standard InChI is InChI=1S/C10H15NO3S/c1-8-7-9(11)3-4-10(8)14-5-6-15(2,12)13/h3-4,7H,5-6,11H2,1-2H3. The van der Waals surface area contributed by atoms with Crippen LogP contribution in [-0.2, 0) is 9.84 Å². The van der Waals surface area contributed by atoms with E-state index in [0.29, 0.717) is 11.4 Å². The van der Waals surface area contributed by atoms with Gasteiger partial charge < -0.3 is 10.5 Å². The van der Waals surface area contributed by atoms with Gasteiger partial charge in [0.05, 0.1) is 5.75 Å². The number of sulfone groups is 1. The summed E-state index contributed by atoms with van der Waals surface area (Å²) in [7, 11) is -2.96. The second-order valence-corrected chi connectivity index (χ2v) is 5.76. The van der Waals surface area contributed by atoms with Crippen molar-refractivity contribution in [1.29, 1.82) is 0 Å². The summed E-state index contributed by atoms with van der Waals surface area (Å²) in [6, 6.07) is 5.26. The normalized spacial score (nSPS) is 11.3. The van der Waals surface area contributed by atoms with Crippen LogP contribution in [0.5, 0.6) is 5.75 Å². The van der Waals surface area contributed by atoms with E-state index in [1.54, 1.807) is 18.2 Å². The Hall–Kier alpha value is -1.23. The summed E-state index contributed by atoms with van der Waals surface area (Å²) in [6.45, 7) is 2.04. The van der Waals surface area contributed by atoms with Gasteiger partial charge in [-0.25, -0.2) is 8.42 Å². The number of benzene rings is 1. The fraction of sp³-hybridized carbons (Fsp3) is 0.400. The van der Waals surface area contributed by atoms with Crippen molar-refractivity contribution < 1.29 is 13.2 Å². The summed E-state index contributed by atoms with van der Waals surface area (Å²) >= 11 is 0. The van der Waals surface area contributed by atoms with Crippen molar-refractivity contribution in [1.82, 2.24) is 0 Å². The summed E-state index contributed by atoms with van der Waals surface area (Å²) in [5.74, 6) is 0.699. The van der Waals surface area contributed by atoms with Crippen LogP contribution in [0, 0.1) is 6.92 Å². The van der Waals surface area contributed by atoms with Crippen LogP contribution in [0.1, 0.15) is 5.56 Å². The Morgan fingerprint density at radius 3 is 2.60 bits per heavy atom. The molecule has 1 aromatic rings. The molecular weight excluding hydrogens is 214 g/mol. The van der Waals surface area contributed by atoms with Crippen LogP contribution in [0.15, 0.2) is 18.2 Å². The Morgan fingerprint density at radius 1 is 1.40 bits per heavy atom. The maximum Gasteiger partial charge on any atom is 0.150 e. The molecule has 0 spiro atoms. The maximum absolute atomic E-state index is 10.9. The predicted octanol–water partition coefficient (Wildman–Crippen LogP) is 1.00. The van der Waals surface area contributed by atoms with Crippen molar-refractivity contribution in [3.05, 3.63) is 23.8 Å². The Labute approximate surface area is 90.0 Å². The summed E-state index contributed by atoms with van der Waals surface area (Å²) in [4.78, 5) is 0. The van der Waals surface area contributed by atoms with E-state index in [1.165, 1.54) is 6.26 Å². The second kappa shape index (κ2) is 4.53. The van der Waals surface area contributed by atoms with E-state index in [4.69, 9.17) is 10.5 Å². The van der Waals surface area contributed by atoms with Gasteiger partial charge >= 0.3 is 0 Å². The molecule has 0 aliphatic heterocycles. The Morgan fingerprint density at radius 2 is 2.07 bits per heavy atom. The fourth-order valence-corrected chi connectivity index (χ4v) is 1.52. The third-order valence-electron chi connectivity index (χ3n) is 1.91. The van der Waals surface area contributed by atoms with Crippen LogP contribution in [0.4, 0.5) is 5.69 Å². The molecule has 0 amide bonds. The molecule has 84 valence electrons. The SMILES string of the molecule is Cc1cc(N)ccc1OCCS(C)(=O)=O. The van der Waals surface area contributed by atoms with Crippen molar-refractivity contribution in [2.45, 2.75) is 6.92 Å². The van der Waals surface area contributed by atoms with Crippen molar-refractivity contribution >= 4 is 15.5 Å². The van der Waals surface area contributed by atoms with E-state index in [0.717, 1.165) is 5.56 Å². The van der Waals surface area contributed by atoms with Crippen molar-refractivity contribution in [2.24, 2.45) is 0 Å². The van der Waals surface area contributed by atoms with Crippen LogP contribution >= 0.6 is 0 Å². The number of rotatable bonds is 4. The number of hydrogen-bond donors (Lipinski definition) is 1. The molecule has 0 bridgehead atoms. The minimum absolute atomic E-state index is 0.0246. The van der Waals surface area contributed by atoms with Gasteiger partial charge in [-0.3, -0.25) is 0 Å². The summed E-state index contributed by atoms with van der Waals surface area (Å²) in [5.41, 5.74) is 7.15. The molecule has 0 saturated carbocycles. The number of ether oxygens (including phenoxy) is 1. The Balaban J connectivity index is 2.59. The van der Waals surface area contributed by atoms with Gasteiger partial charge in [-0.1, -0.05) is 0 Å². The zero-order valence-electron chi connectivity index (χ0n) is 8.86. The lowest BCUT2D eigenvalue weighted by Gasteiger charge is -2.08. The highest BCUT2D eigenvalue weighted by Crippen LogP contribution is 2.19. The lowest BCUT2D eigenvalue weighted by molar-refractivity contribution is 0.339. The molecule has 0 heterocycles. The maximum atomic E-state index is 10.9. The monoisotopic (exact) mass is 229 g/mol. The Bertz CT molecular complexity index is 440. The van der Waals surface area contributed by atoms with E-state index >= 15 is 0 Å². The van der Waals surface area contributed by atoms with Crippen molar-refractivity contribution in [2.75, 3.05) is 24.3 Å². The lowest BCUT2D eigenvalue weighted by Crippen LogP contribution is -2.12. The lowest BCUT2D eigenvalue weighted by atomic mass is 10.2. The third-order valence-corrected chi connectivity index (χ3v) is 2.82. The zero-order valence-corrected chi connectivity index (χ0v) is 9.67. The molecular formula is C10H15NO3S. The number of anilines is 1. The van der Waals surface area contributed by atoms with Crippen molar-refractivity contribution in [3.8, 4) is 5.75 Å². The van der Waals surface area contributed by atoms with E-state index in [2.05, 4.69) is 0 Å². The van der Waals surface area contributed by atoms with Crippen LogP contribution in [-0.4, -0.2) is 27.0 Å². The number of nitrogens with two attached hydrogens (primary N) is 1. The second-order valence-electron chi connectivity index (χ2n) is 3.50. The van der Waals surface area contributed by atoms with E-state index in [1.807, 2.05) is 6.92 Å². The molecule has 0 aliphatic carbocycles. The van der Waals surface area contributed by atoms with Crippen molar-refractivity contribution in [3.63, 3.8) is 0 Å². The summed E-state index contributed by atoms with van der Waals surface area (Å²) < 4.78 is 27.1. The molecule has 2 N–H and O–H groups in total. The van der Waals surface area contributed by atoms with E-state index < -0.39 is 9.84 Å². The van der Waals surface area contributed by atoms with Crippen LogP contribution < -0.4 is 10.5 Å². The average Bonchev–Trinajstić information content (AvgIpc) is 2.07. The molecule has 1 aromatic carbocycles. The molecule has 1 rings (SSSR count). The average molecular weight is 229 g/mol. The summed E-state index contributed by atoms with van der Waals surface area (Å²) in [5, 5.41) is 0. The van der Waals surface area contributed by atoms with Gasteiger partial charge in [0.15, 0.2) is 9.84 Å². The van der Waals surface area contributed by atoms with Gasteiger partial charge in [0.2, 0.25) is 0 Å². The first-order chi connectivity index (χ1) is 6.88. The minimum atomic E-state index is -2.96. The van der Waals surface area contributed by atoms with Gasteiger partial charge in [-0.05, 0) is 30.7 Å². The van der Waals surface area contributed by atoms with E-state index in [-0.39, 0.29) is 12.4 Å². The van der Waals surface area contributed by atoms with Gasteiger partial charge in [-0.2, -0.15) is 0 Å². The van der Waals surface area contributed by atoms with E-state index in [9.17, 15) is 8.42 Å². The highest BCUT2D eigenvalue weighted by atomic mass is 32.2. The first kappa shape index (κ1) is 11.8. The molecule has 5 heteroatoms. The minimum Gasteiger partial charge on any atom is -0.492 e. The van der Waals surface area contributed by atoms with Crippen LogP contribution in [0.2, 0.25) is 0 Å². The Kier molecular flexibility index (Phi) is 3.57. The molecule has 0 unspecified atom stereocenters. The predicted molar refractivity (Wildman–Crippen MR) is 60.8 cm³/mol. The number of aryl methyl sites for hydroxylation is 1. The molecule has 0 aliphatic rings. The van der Waals surface area contributed by atoms with Gasteiger partial charge in [0, 0.05) is 11.9 Å². The first-order valence-electron chi connectivity index (χ1n) is 4.55. The topological polar surface area (TPSA) is 69.4 Å². The third kappa shape index (κ3) is 4.20. The quantitative estimate of drug-likeness (QED) is 0.782. The highest BCUT2D eigenvalue weighted by Gasteiger charge is 2.04. The van der Waals surface area contributed by atoms with Crippen LogP contribution in [0.3, 0.4) is 0 Å². The molecule has 0 radical (unpaired) electrons. The van der Waals surface area contributed by atoms with Gasteiger partial charge in [0.1, 0.15) is 12.4 Å². The smallest absolute Gasteiger partial charge is 0.150 e. The molecule has 0 atom stereocenters. The largest absolute Gasteiger partial charge is 0.492 e. The first-order valence-corrected chi connectivity index (χ1v) is 6.61. The molecule has 0 aromatic heterocycles. The molecule has 4 nitrogen and oxygen atoms in total. The number of nitrogen functional groups attached to an aromatic ring is 1.